The van der Waals surface area contributed by atoms with E-state index in [4.69, 9.17) is 9.47 Å². The van der Waals surface area contributed by atoms with Crippen LogP contribution in [0, 0.1) is 10.1 Å². The van der Waals surface area contributed by atoms with Crippen LogP contribution in [0.2, 0.25) is 0 Å². The molecule has 1 aromatic heterocycles. The lowest BCUT2D eigenvalue weighted by atomic mass is 10.0. The highest BCUT2D eigenvalue weighted by atomic mass is 16.6. The molecule has 0 radical (unpaired) electrons. The number of H-pyrrole nitrogens is 1. The number of nitrogens with zero attached hydrogens (tertiary/aromatic N) is 1. The number of fused-ring (bicyclic) bond motifs is 1. The number of rotatable bonds is 9. The molecule has 2 amide bonds. The summed E-state index contributed by atoms with van der Waals surface area (Å²) in [6.45, 7) is 5.12. The van der Waals surface area contributed by atoms with Crippen molar-refractivity contribution in [3.8, 4) is 5.75 Å². The van der Waals surface area contributed by atoms with Crippen LogP contribution in [0.15, 0.2) is 54.7 Å². The molecule has 3 aromatic rings. The summed E-state index contributed by atoms with van der Waals surface area (Å²) in [5, 5.41) is 16.9. The van der Waals surface area contributed by atoms with Crippen LogP contribution < -0.4 is 15.4 Å². The monoisotopic (exact) mass is 496 g/mol. The molecule has 0 saturated heterocycles. The molecule has 3 N–H and O–H groups in total. The van der Waals surface area contributed by atoms with E-state index >= 15 is 0 Å². The number of non-ortho nitro benzene ring substituents is 1. The average Bonchev–Trinajstić information content (AvgIpc) is 3.20. The number of ether oxygens (including phenoxy) is 2. The Morgan fingerprint density at radius 1 is 1.08 bits per heavy atom. The third kappa shape index (κ3) is 7.55. The van der Waals surface area contributed by atoms with Crippen LogP contribution in [0.3, 0.4) is 0 Å². The van der Waals surface area contributed by atoms with Crippen molar-refractivity contribution in [2.45, 2.75) is 45.3 Å². The Balaban J connectivity index is 1.60. The third-order valence-electron chi connectivity index (χ3n) is 5.01. The lowest BCUT2D eigenvalue weighted by Gasteiger charge is -2.23. The van der Waals surface area contributed by atoms with Crippen molar-refractivity contribution in [3.05, 3.63) is 70.4 Å². The first kappa shape index (κ1) is 26.2. The Kier molecular flexibility index (Phi) is 8.26. The standard InChI is InChI=1S/C25H28N4O7/c1-25(2,3)36-24(32)28-21(14-16-15-27-20-7-5-4-6-19(16)20)23(31)26-13-12-22(30)35-18-10-8-17(9-11-18)29(33)34/h4-11,15,21,27H,12-14H2,1-3H3,(H,26,31)(H,28,32)/t21-/m0/s1. The van der Waals surface area contributed by atoms with Crippen LogP contribution in [0.4, 0.5) is 10.5 Å². The van der Waals surface area contributed by atoms with Crippen LogP contribution in [0.5, 0.6) is 5.75 Å². The summed E-state index contributed by atoms with van der Waals surface area (Å²) >= 11 is 0. The molecule has 0 aliphatic heterocycles. The predicted molar refractivity (Wildman–Crippen MR) is 132 cm³/mol. The molecule has 0 aliphatic carbocycles. The number of benzene rings is 2. The van der Waals surface area contributed by atoms with Crippen LogP contribution in [0.25, 0.3) is 10.9 Å². The number of alkyl carbamates (subject to hydrolysis) is 1. The first-order valence-electron chi connectivity index (χ1n) is 11.3. The van der Waals surface area contributed by atoms with Gasteiger partial charge in [-0.2, -0.15) is 0 Å². The summed E-state index contributed by atoms with van der Waals surface area (Å²) in [7, 11) is 0. The van der Waals surface area contributed by atoms with Gasteiger partial charge in [-0.05, 0) is 44.5 Å². The summed E-state index contributed by atoms with van der Waals surface area (Å²) in [6.07, 6.45) is 1.10. The molecule has 0 unspecified atom stereocenters. The van der Waals surface area contributed by atoms with Gasteiger partial charge < -0.3 is 25.1 Å². The molecule has 1 atom stereocenters. The van der Waals surface area contributed by atoms with Crippen LogP contribution in [-0.4, -0.2) is 46.1 Å². The van der Waals surface area contributed by atoms with E-state index in [1.165, 1.54) is 24.3 Å². The lowest BCUT2D eigenvalue weighted by molar-refractivity contribution is -0.384. The van der Waals surface area contributed by atoms with Crippen LogP contribution in [0.1, 0.15) is 32.8 Å². The number of nitro benzene ring substituents is 1. The van der Waals surface area contributed by atoms with Gasteiger partial charge in [-0.1, -0.05) is 18.2 Å². The van der Waals surface area contributed by atoms with Gasteiger partial charge in [0.15, 0.2) is 0 Å². The lowest BCUT2D eigenvalue weighted by Crippen LogP contribution is -2.49. The summed E-state index contributed by atoms with van der Waals surface area (Å²) < 4.78 is 10.4. The Hall–Kier alpha value is -4.41. The molecule has 190 valence electrons. The number of hydrogen-bond acceptors (Lipinski definition) is 7. The highest BCUT2D eigenvalue weighted by Crippen LogP contribution is 2.20. The fourth-order valence-corrected chi connectivity index (χ4v) is 3.41. The van der Waals surface area contributed by atoms with Crippen molar-refractivity contribution in [2.24, 2.45) is 0 Å². The summed E-state index contributed by atoms with van der Waals surface area (Å²) in [4.78, 5) is 50.7. The highest BCUT2D eigenvalue weighted by molar-refractivity contribution is 5.88. The first-order valence-corrected chi connectivity index (χ1v) is 11.3. The Morgan fingerprint density at radius 3 is 2.44 bits per heavy atom. The molecule has 0 saturated carbocycles. The molecule has 0 fully saturated rings. The SMILES string of the molecule is CC(C)(C)OC(=O)N[C@@H](Cc1c[nH]c2ccccc12)C(=O)NCCC(=O)Oc1ccc([N+](=O)[O-])cc1. The van der Waals surface area contributed by atoms with Crippen molar-refractivity contribution in [1.29, 1.82) is 0 Å². The summed E-state index contributed by atoms with van der Waals surface area (Å²) in [5.41, 5.74) is 0.867. The van der Waals surface area contributed by atoms with Crippen molar-refractivity contribution in [2.75, 3.05) is 6.54 Å². The van der Waals surface area contributed by atoms with Gasteiger partial charge in [0.1, 0.15) is 17.4 Å². The van der Waals surface area contributed by atoms with Gasteiger partial charge in [-0.15, -0.1) is 0 Å². The molecule has 0 bridgehead atoms. The van der Waals surface area contributed by atoms with E-state index in [0.717, 1.165) is 16.5 Å². The second-order valence-corrected chi connectivity index (χ2v) is 9.03. The van der Waals surface area contributed by atoms with Gasteiger partial charge in [0.25, 0.3) is 5.69 Å². The summed E-state index contributed by atoms with van der Waals surface area (Å²) in [5.74, 6) is -0.965. The minimum absolute atomic E-state index is 0.0367. The molecular weight excluding hydrogens is 468 g/mol. The van der Waals surface area contributed by atoms with E-state index in [1.54, 1.807) is 27.0 Å². The molecular formula is C25H28N4O7. The van der Waals surface area contributed by atoms with E-state index in [0.29, 0.717) is 0 Å². The Morgan fingerprint density at radius 2 is 1.78 bits per heavy atom. The zero-order valence-electron chi connectivity index (χ0n) is 20.2. The maximum atomic E-state index is 12.9. The maximum absolute atomic E-state index is 12.9. The van der Waals surface area contributed by atoms with Crippen molar-refractivity contribution < 1.29 is 28.8 Å². The van der Waals surface area contributed by atoms with Gasteiger partial charge in [-0.3, -0.25) is 19.7 Å². The van der Waals surface area contributed by atoms with E-state index < -0.39 is 34.5 Å². The van der Waals surface area contributed by atoms with Gasteiger partial charge in [0.05, 0.1) is 11.3 Å². The molecule has 36 heavy (non-hydrogen) atoms. The summed E-state index contributed by atoms with van der Waals surface area (Å²) in [6, 6.07) is 11.7. The van der Waals surface area contributed by atoms with Crippen molar-refractivity contribution >= 4 is 34.6 Å². The number of hydrogen-bond donors (Lipinski definition) is 3. The minimum Gasteiger partial charge on any atom is -0.444 e. The molecule has 11 heteroatoms. The average molecular weight is 497 g/mol. The molecule has 11 nitrogen and oxygen atoms in total. The number of esters is 1. The number of aromatic nitrogens is 1. The van der Waals surface area contributed by atoms with Crippen molar-refractivity contribution in [3.63, 3.8) is 0 Å². The molecule has 0 aliphatic rings. The van der Waals surface area contributed by atoms with E-state index in [-0.39, 0.29) is 30.8 Å². The number of carbonyl (C=O) groups excluding carboxylic acids is 3. The van der Waals surface area contributed by atoms with Gasteiger partial charge in [-0.25, -0.2) is 4.79 Å². The highest BCUT2D eigenvalue weighted by Gasteiger charge is 2.25. The molecule has 2 aromatic carbocycles. The third-order valence-corrected chi connectivity index (χ3v) is 5.01. The van der Waals surface area contributed by atoms with Crippen molar-refractivity contribution in [1.82, 2.24) is 15.6 Å². The fourth-order valence-electron chi connectivity index (χ4n) is 3.41. The maximum Gasteiger partial charge on any atom is 0.408 e. The molecule has 1 heterocycles. The van der Waals surface area contributed by atoms with Crippen LogP contribution >= 0.6 is 0 Å². The van der Waals surface area contributed by atoms with Gasteiger partial charge in [0, 0.05) is 42.2 Å². The number of carbonyl (C=O) groups is 3. The largest absolute Gasteiger partial charge is 0.444 e. The van der Waals surface area contributed by atoms with Gasteiger partial charge >= 0.3 is 12.1 Å². The Bertz CT molecular complexity index is 1250. The minimum atomic E-state index is -0.954. The number of para-hydroxylation sites is 1. The number of nitrogens with one attached hydrogen (secondary N) is 3. The number of amides is 2. The van der Waals surface area contributed by atoms with E-state index in [9.17, 15) is 24.5 Å². The van der Waals surface area contributed by atoms with E-state index in [1.807, 2.05) is 24.3 Å². The predicted octanol–water partition coefficient (Wildman–Crippen LogP) is 3.62. The molecule has 0 spiro atoms. The van der Waals surface area contributed by atoms with Crippen LogP contribution in [-0.2, 0) is 20.7 Å². The quantitative estimate of drug-likeness (QED) is 0.177. The number of nitro groups is 1. The number of aromatic amines is 1. The van der Waals surface area contributed by atoms with E-state index in [2.05, 4.69) is 15.6 Å². The first-order chi connectivity index (χ1) is 17.0. The zero-order valence-corrected chi connectivity index (χ0v) is 20.2. The second kappa shape index (κ2) is 11.3. The smallest absolute Gasteiger partial charge is 0.408 e. The second-order valence-electron chi connectivity index (χ2n) is 9.03. The zero-order chi connectivity index (χ0) is 26.3. The topological polar surface area (TPSA) is 153 Å². The Labute approximate surface area is 207 Å². The molecule has 3 rings (SSSR count). The normalized spacial score (nSPS) is 12.0. The fraction of sp³-hybridized carbons (Fsp3) is 0.320. The van der Waals surface area contributed by atoms with Gasteiger partial charge in [0.2, 0.25) is 5.91 Å².